The van der Waals surface area contributed by atoms with Crippen molar-refractivity contribution in [2.75, 3.05) is 6.61 Å². The fourth-order valence-electron chi connectivity index (χ4n) is 2.65. The van der Waals surface area contributed by atoms with Crippen LogP contribution in [0.4, 0.5) is 0 Å². The number of nitrogens with one attached hydrogen (secondary N) is 1. The van der Waals surface area contributed by atoms with Crippen molar-refractivity contribution < 1.29 is 9.53 Å². The first-order valence-corrected chi connectivity index (χ1v) is 7.93. The van der Waals surface area contributed by atoms with E-state index in [1.807, 2.05) is 0 Å². The van der Waals surface area contributed by atoms with Crippen molar-refractivity contribution in [3.05, 3.63) is 28.2 Å². The van der Waals surface area contributed by atoms with E-state index < -0.39 is 0 Å². The summed E-state index contributed by atoms with van der Waals surface area (Å²) in [6.07, 6.45) is 7.87. The first kappa shape index (κ1) is 15.3. The van der Waals surface area contributed by atoms with Gasteiger partial charge in [-0.25, -0.2) is 5.84 Å². The molecule has 0 radical (unpaired) electrons. The second-order valence-electron chi connectivity index (χ2n) is 5.26. The molecule has 1 fully saturated rings. The van der Waals surface area contributed by atoms with E-state index in [0.717, 1.165) is 29.2 Å². The molecule has 1 aromatic rings. The summed E-state index contributed by atoms with van der Waals surface area (Å²) in [5, 5.41) is 0. The van der Waals surface area contributed by atoms with Crippen LogP contribution in [-0.2, 0) is 0 Å². The third kappa shape index (κ3) is 4.21. The van der Waals surface area contributed by atoms with E-state index in [4.69, 9.17) is 10.6 Å². The average Bonchev–Trinajstić information content (AvgIpc) is 2.49. The van der Waals surface area contributed by atoms with Crippen LogP contribution in [0, 0.1) is 5.92 Å². The molecule has 110 valence electrons. The minimum atomic E-state index is -0.306. The fourth-order valence-corrected chi connectivity index (χ4v) is 3.15. The van der Waals surface area contributed by atoms with Gasteiger partial charge >= 0.3 is 0 Å². The molecule has 0 aliphatic heterocycles. The average molecular weight is 341 g/mol. The molecule has 5 heteroatoms. The minimum absolute atomic E-state index is 0.306. The molecule has 0 bridgehead atoms. The number of benzene rings is 1. The highest BCUT2D eigenvalue weighted by Gasteiger charge is 2.14. The van der Waals surface area contributed by atoms with E-state index in [1.54, 1.807) is 18.2 Å². The lowest BCUT2D eigenvalue weighted by Crippen LogP contribution is -2.29. The lowest BCUT2D eigenvalue weighted by Gasteiger charge is -2.21. The number of nitrogen functional groups attached to an aromatic ring is 1. The van der Waals surface area contributed by atoms with Gasteiger partial charge in [0.15, 0.2) is 0 Å². The van der Waals surface area contributed by atoms with Crippen LogP contribution >= 0.6 is 15.9 Å². The maximum Gasteiger partial charge on any atom is 0.265 e. The van der Waals surface area contributed by atoms with Crippen LogP contribution < -0.4 is 16.0 Å². The summed E-state index contributed by atoms with van der Waals surface area (Å²) >= 11 is 3.43. The molecule has 1 saturated carbocycles. The molecular formula is C15H21BrN2O2. The first-order chi connectivity index (χ1) is 9.70. The van der Waals surface area contributed by atoms with Crippen molar-refractivity contribution in [1.29, 1.82) is 0 Å². The standard InChI is InChI=1S/C15H21BrN2O2/c16-13-10-12(15(19)18-17)6-7-14(13)20-9-8-11-4-2-1-3-5-11/h6-7,10-11H,1-5,8-9,17H2,(H,18,19). The molecule has 0 aromatic heterocycles. The van der Waals surface area contributed by atoms with Crippen molar-refractivity contribution in [3.63, 3.8) is 0 Å². The summed E-state index contributed by atoms with van der Waals surface area (Å²) < 4.78 is 6.58. The molecule has 0 unspecified atom stereocenters. The molecule has 0 atom stereocenters. The predicted octanol–water partition coefficient (Wildman–Crippen LogP) is 3.40. The molecule has 0 heterocycles. The zero-order chi connectivity index (χ0) is 14.4. The molecule has 4 nitrogen and oxygen atoms in total. The Hall–Kier alpha value is -1.07. The van der Waals surface area contributed by atoms with Gasteiger partial charge in [0.05, 0.1) is 11.1 Å². The highest BCUT2D eigenvalue weighted by Crippen LogP contribution is 2.29. The Morgan fingerprint density at radius 3 is 2.75 bits per heavy atom. The van der Waals surface area contributed by atoms with E-state index >= 15 is 0 Å². The normalized spacial score (nSPS) is 15.9. The molecule has 2 rings (SSSR count). The summed E-state index contributed by atoms with van der Waals surface area (Å²) in [7, 11) is 0. The Morgan fingerprint density at radius 2 is 2.10 bits per heavy atom. The zero-order valence-corrected chi connectivity index (χ0v) is 13.1. The molecule has 20 heavy (non-hydrogen) atoms. The Bertz CT molecular complexity index is 459. The van der Waals surface area contributed by atoms with Gasteiger partial charge in [0.2, 0.25) is 0 Å². The Balaban J connectivity index is 1.84. The van der Waals surface area contributed by atoms with Gasteiger partial charge < -0.3 is 4.74 Å². The lowest BCUT2D eigenvalue weighted by atomic mass is 9.87. The van der Waals surface area contributed by atoms with Crippen LogP contribution in [0.1, 0.15) is 48.9 Å². The SMILES string of the molecule is NNC(=O)c1ccc(OCCC2CCCCC2)c(Br)c1. The van der Waals surface area contributed by atoms with Crippen molar-refractivity contribution in [2.45, 2.75) is 38.5 Å². The number of nitrogens with two attached hydrogens (primary N) is 1. The quantitative estimate of drug-likeness (QED) is 0.490. The van der Waals surface area contributed by atoms with Gasteiger partial charge in [-0.2, -0.15) is 0 Å². The number of ether oxygens (including phenoxy) is 1. The second-order valence-corrected chi connectivity index (χ2v) is 6.11. The molecule has 1 amide bonds. The monoisotopic (exact) mass is 340 g/mol. The number of hydrogen-bond acceptors (Lipinski definition) is 3. The van der Waals surface area contributed by atoms with Crippen LogP contribution in [0.3, 0.4) is 0 Å². The van der Waals surface area contributed by atoms with Crippen LogP contribution in [0.25, 0.3) is 0 Å². The molecule has 3 N–H and O–H groups in total. The number of hydrogen-bond donors (Lipinski definition) is 2. The summed E-state index contributed by atoms with van der Waals surface area (Å²) in [4.78, 5) is 11.4. The molecule has 1 aromatic carbocycles. The summed E-state index contributed by atoms with van der Waals surface area (Å²) in [6.45, 7) is 0.728. The fraction of sp³-hybridized carbons (Fsp3) is 0.533. The van der Waals surface area contributed by atoms with Crippen LogP contribution in [0.15, 0.2) is 22.7 Å². The number of rotatable bonds is 5. The van der Waals surface area contributed by atoms with E-state index in [1.165, 1.54) is 32.1 Å². The number of carbonyl (C=O) groups excluding carboxylic acids is 1. The third-order valence-corrected chi connectivity index (χ3v) is 4.45. The van der Waals surface area contributed by atoms with E-state index in [9.17, 15) is 4.79 Å². The van der Waals surface area contributed by atoms with Gasteiger partial charge in [0, 0.05) is 5.56 Å². The zero-order valence-electron chi connectivity index (χ0n) is 11.5. The van der Waals surface area contributed by atoms with Crippen molar-refractivity contribution in [1.82, 2.24) is 5.43 Å². The largest absolute Gasteiger partial charge is 0.492 e. The molecular weight excluding hydrogens is 320 g/mol. The molecule has 1 aliphatic rings. The van der Waals surface area contributed by atoms with Gasteiger partial charge in [-0.3, -0.25) is 10.2 Å². The molecule has 0 spiro atoms. The van der Waals surface area contributed by atoms with Crippen LogP contribution in [0.5, 0.6) is 5.75 Å². The highest BCUT2D eigenvalue weighted by atomic mass is 79.9. The Labute approximate surface area is 128 Å². The smallest absolute Gasteiger partial charge is 0.265 e. The predicted molar refractivity (Wildman–Crippen MR) is 82.5 cm³/mol. The topological polar surface area (TPSA) is 64.3 Å². The van der Waals surface area contributed by atoms with Crippen molar-refractivity contribution in [3.8, 4) is 5.75 Å². The molecule has 1 aliphatic carbocycles. The Kier molecular flexibility index (Phi) is 5.86. The molecule has 0 saturated heterocycles. The summed E-state index contributed by atoms with van der Waals surface area (Å²) in [5.74, 6) is 6.39. The first-order valence-electron chi connectivity index (χ1n) is 7.14. The van der Waals surface area contributed by atoms with Gasteiger partial charge in [-0.1, -0.05) is 32.1 Å². The van der Waals surface area contributed by atoms with Crippen molar-refractivity contribution >= 4 is 21.8 Å². The number of carbonyl (C=O) groups is 1. The van der Waals surface area contributed by atoms with E-state index in [-0.39, 0.29) is 5.91 Å². The maximum atomic E-state index is 11.4. The van der Waals surface area contributed by atoms with Gasteiger partial charge in [0.25, 0.3) is 5.91 Å². The number of halogens is 1. The van der Waals surface area contributed by atoms with E-state index in [0.29, 0.717) is 5.56 Å². The second kappa shape index (κ2) is 7.64. The summed E-state index contributed by atoms with van der Waals surface area (Å²) in [5.41, 5.74) is 2.63. The van der Waals surface area contributed by atoms with Crippen LogP contribution in [0.2, 0.25) is 0 Å². The lowest BCUT2D eigenvalue weighted by molar-refractivity contribution is 0.0953. The number of hydrazine groups is 1. The number of amides is 1. The highest BCUT2D eigenvalue weighted by molar-refractivity contribution is 9.10. The summed E-state index contributed by atoms with van der Waals surface area (Å²) in [6, 6.07) is 5.23. The Morgan fingerprint density at radius 1 is 1.35 bits per heavy atom. The van der Waals surface area contributed by atoms with Gasteiger partial charge in [0.1, 0.15) is 5.75 Å². The van der Waals surface area contributed by atoms with Crippen molar-refractivity contribution in [2.24, 2.45) is 11.8 Å². The maximum absolute atomic E-state index is 11.4. The third-order valence-electron chi connectivity index (χ3n) is 3.83. The van der Waals surface area contributed by atoms with Gasteiger partial charge in [-0.05, 0) is 46.5 Å². The minimum Gasteiger partial charge on any atom is -0.492 e. The van der Waals surface area contributed by atoms with E-state index in [2.05, 4.69) is 21.4 Å². The van der Waals surface area contributed by atoms with Gasteiger partial charge in [-0.15, -0.1) is 0 Å². The van der Waals surface area contributed by atoms with Crippen LogP contribution in [-0.4, -0.2) is 12.5 Å².